The number of carbonyl (C=O) groups is 1. The Balaban J connectivity index is 1.49. The van der Waals surface area contributed by atoms with Crippen LogP contribution < -0.4 is 15.1 Å². The predicted octanol–water partition coefficient (Wildman–Crippen LogP) is 0.914. The van der Waals surface area contributed by atoms with Crippen molar-refractivity contribution in [3.8, 4) is 11.5 Å². The first-order valence-corrected chi connectivity index (χ1v) is 9.28. The van der Waals surface area contributed by atoms with Gasteiger partial charge in [0.15, 0.2) is 0 Å². The highest BCUT2D eigenvalue weighted by molar-refractivity contribution is 6.59. The summed E-state index contributed by atoms with van der Waals surface area (Å²) in [5.74, 6) is -0.911. The number of nitrogens with one attached hydrogen (secondary N) is 1. The van der Waals surface area contributed by atoms with Gasteiger partial charge in [0.2, 0.25) is 0 Å². The van der Waals surface area contributed by atoms with Crippen LogP contribution in [0.2, 0.25) is 6.32 Å². The Bertz CT molecular complexity index is 990. The summed E-state index contributed by atoms with van der Waals surface area (Å²) in [4.78, 5) is 13.6. The van der Waals surface area contributed by atoms with Crippen LogP contribution >= 0.6 is 0 Å². The molecule has 1 fully saturated rings. The predicted molar refractivity (Wildman–Crippen MR) is 106 cm³/mol. The van der Waals surface area contributed by atoms with Crippen LogP contribution in [0.15, 0.2) is 36.4 Å². The average molecular weight is 398 g/mol. The monoisotopic (exact) mass is 398 g/mol. The van der Waals surface area contributed by atoms with Gasteiger partial charge in [-0.3, -0.25) is 5.41 Å². The van der Waals surface area contributed by atoms with E-state index in [1.54, 1.807) is 41.3 Å². The maximum absolute atomic E-state index is 11.8. The molecule has 2 heterocycles. The van der Waals surface area contributed by atoms with Crippen molar-refractivity contribution in [1.82, 2.24) is 4.90 Å². The molecule has 0 aliphatic carbocycles. The number of nitrogen functional groups attached to an aromatic ring is 1. The highest BCUT2D eigenvalue weighted by Gasteiger charge is 2.35. The molecule has 0 amide bonds. The van der Waals surface area contributed by atoms with Crippen LogP contribution in [0.5, 0.6) is 11.5 Å². The molecule has 0 spiro atoms. The Morgan fingerprint density at radius 2 is 2.03 bits per heavy atom. The van der Waals surface area contributed by atoms with Crippen LogP contribution in [0.3, 0.4) is 0 Å². The fraction of sp³-hybridized carbons (Fsp3) is 0.263. The van der Waals surface area contributed by atoms with Gasteiger partial charge in [0, 0.05) is 11.3 Å². The van der Waals surface area contributed by atoms with Gasteiger partial charge in [-0.25, -0.2) is 4.79 Å². The lowest BCUT2D eigenvalue weighted by molar-refractivity contribution is 0.0596. The number of rotatable bonds is 4. The van der Waals surface area contributed by atoms with E-state index >= 15 is 0 Å². The molecule has 0 aromatic heterocycles. The zero-order valence-corrected chi connectivity index (χ0v) is 15.5. The van der Waals surface area contributed by atoms with E-state index in [0.717, 1.165) is 0 Å². The fourth-order valence-corrected chi connectivity index (χ4v) is 3.57. The number of anilines is 1. The number of hydrogen-bond donors (Lipinski definition) is 5. The molecular formula is C19H21BN3O6-. The SMILES string of the molecule is N=C(c1cccc(N)c1)N1CC(Oc2ccc3c(c2C(=O)O)O[B-](O)(O)CC3)C1. The Morgan fingerprint density at radius 1 is 1.28 bits per heavy atom. The highest BCUT2D eigenvalue weighted by atomic mass is 16.6. The molecule has 152 valence electrons. The van der Waals surface area contributed by atoms with E-state index in [0.29, 0.717) is 42.2 Å². The van der Waals surface area contributed by atoms with Crippen molar-refractivity contribution in [2.75, 3.05) is 18.8 Å². The third-order valence-electron chi connectivity index (χ3n) is 5.13. The molecule has 1 saturated heterocycles. The van der Waals surface area contributed by atoms with Crippen molar-refractivity contribution in [3.05, 3.63) is 53.1 Å². The van der Waals surface area contributed by atoms with Crippen LogP contribution in [-0.4, -0.2) is 57.8 Å². The maximum atomic E-state index is 11.8. The van der Waals surface area contributed by atoms with E-state index in [2.05, 4.69) is 0 Å². The summed E-state index contributed by atoms with van der Waals surface area (Å²) < 4.78 is 11.0. The van der Waals surface area contributed by atoms with Gasteiger partial charge in [-0.15, -0.1) is 0 Å². The number of ether oxygens (including phenoxy) is 1. The van der Waals surface area contributed by atoms with Gasteiger partial charge in [0.25, 0.3) is 0 Å². The summed E-state index contributed by atoms with van der Waals surface area (Å²) in [5, 5.41) is 37.5. The van der Waals surface area contributed by atoms with E-state index in [-0.39, 0.29) is 29.5 Å². The molecule has 0 saturated carbocycles. The number of carboxylic acids is 1. The fourth-order valence-electron chi connectivity index (χ4n) is 3.57. The minimum absolute atomic E-state index is 0.00988. The molecule has 2 aromatic rings. The number of likely N-dealkylation sites (tertiary alicyclic amines) is 1. The van der Waals surface area contributed by atoms with Gasteiger partial charge in [-0.1, -0.05) is 24.5 Å². The van der Waals surface area contributed by atoms with Gasteiger partial charge in [-0.2, -0.15) is 0 Å². The molecule has 2 aliphatic rings. The third kappa shape index (κ3) is 3.72. The average Bonchev–Trinajstić information content (AvgIpc) is 2.62. The summed E-state index contributed by atoms with van der Waals surface area (Å²) in [6, 6.07) is 10.3. The standard InChI is InChI=1S/C19H21BN3O6/c21-13-3-1-2-12(8-13)18(22)23-9-14(10-23)28-15-5-4-11-6-7-20(26,27)29-17(11)16(15)19(24)25/h1-5,8,14,22,26-27H,6-7,9-10,21H2,(H,24,25)/q-1. The summed E-state index contributed by atoms with van der Waals surface area (Å²) >= 11 is 0. The number of fused-ring (bicyclic) bond motifs is 1. The number of carboxylic acid groups (broad SMARTS) is 1. The quantitative estimate of drug-likeness (QED) is 0.221. The molecule has 9 nitrogen and oxygen atoms in total. The minimum Gasteiger partial charge on any atom is -0.669 e. The van der Waals surface area contributed by atoms with Gasteiger partial charge < -0.3 is 35.2 Å². The van der Waals surface area contributed by atoms with E-state index in [1.807, 2.05) is 0 Å². The van der Waals surface area contributed by atoms with Crippen molar-refractivity contribution in [2.24, 2.45) is 0 Å². The molecular weight excluding hydrogens is 377 g/mol. The zero-order valence-electron chi connectivity index (χ0n) is 15.5. The molecule has 4 rings (SSSR count). The Hall–Kier alpha value is -3.24. The lowest BCUT2D eigenvalue weighted by atomic mass is 9.70. The Labute approximate surface area is 166 Å². The van der Waals surface area contributed by atoms with E-state index in [4.69, 9.17) is 20.5 Å². The first kappa shape index (κ1) is 19.1. The molecule has 0 unspecified atom stereocenters. The van der Waals surface area contributed by atoms with Gasteiger partial charge in [-0.05, 0) is 30.2 Å². The molecule has 0 atom stereocenters. The van der Waals surface area contributed by atoms with Crippen LogP contribution in [0.4, 0.5) is 5.69 Å². The normalized spacial score (nSPS) is 17.7. The first-order chi connectivity index (χ1) is 13.7. The second-order valence-corrected chi connectivity index (χ2v) is 7.37. The number of amidine groups is 1. The van der Waals surface area contributed by atoms with Crippen LogP contribution in [-0.2, 0) is 6.42 Å². The topological polar surface area (TPSA) is 149 Å². The number of nitrogens with two attached hydrogens (primary N) is 1. The summed E-state index contributed by atoms with van der Waals surface area (Å²) in [7, 11) is 0. The van der Waals surface area contributed by atoms with E-state index < -0.39 is 12.7 Å². The third-order valence-corrected chi connectivity index (χ3v) is 5.13. The molecule has 29 heavy (non-hydrogen) atoms. The van der Waals surface area contributed by atoms with Crippen molar-refractivity contribution >= 4 is 24.2 Å². The van der Waals surface area contributed by atoms with Crippen LogP contribution in [0, 0.1) is 5.41 Å². The Kier molecular flexibility index (Phi) is 4.60. The number of hydrogen-bond acceptors (Lipinski definition) is 7. The van der Waals surface area contributed by atoms with Crippen molar-refractivity contribution in [1.29, 1.82) is 5.41 Å². The second-order valence-electron chi connectivity index (χ2n) is 7.37. The van der Waals surface area contributed by atoms with E-state index in [9.17, 15) is 19.9 Å². The molecule has 2 aliphatic heterocycles. The van der Waals surface area contributed by atoms with Crippen LogP contribution in [0.25, 0.3) is 0 Å². The minimum atomic E-state index is -3.08. The van der Waals surface area contributed by atoms with Crippen molar-refractivity contribution in [2.45, 2.75) is 18.8 Å². The molecule has 10 heteroatoms. The number of aromatic carboxylic acids is 1. The highest BCUT2D eigenvalue weighted by Crippen LogP contribution is 2.39. The second kappa shape index (κ2) is 6.98. The summed E-state index contributed by atoms with van der Waals surface area (Å²) in [5.41, 5.74) is 7.40. The van der Waals surface area contributed by atoms with Gasteiger partial charge in [0.05, 0.1) is 18.8 Å². The van der Waals surface area contributed by atoms with Crippen molar-refractivity contribution in [3.63, 3.8) is 0 Å². The van der Waals surface area contributed by atoms with Crippen LogP contribution in [0.1, 0.15) is 21.5 Å². The lowest BCUT2D eigenvalue weighted by Gasteiger charge is -2.41. The first-order valence-electron chi connectivity index (χ1n) is 9.28. The number of aryl methyl sites for hydroxylation is 1. The molecule has 6 N–H and O–H groups in total. The number of nitrogens with zero attached hydrogens (tertiary/aromatic N) is 1. The summed E-state index contributed by atoms with van der Waals surface area (Å²) in [6.07, 6.45) is 0.00244. The van der Waals surface area contributed by atoms with E-state index in [1.165, 1.54) is 0 Å². The smallest absolute Gasteiger partial charge is 0.430 e. The molecule has 0 radical (unpaired) electrons. The molecule has 0 bridgehead atoms. The maximum Gasteiger partial charge on any atom is 0.430 e. The van der Waals surface area contributed by atoms with Gasteiger partial charge in [0.1, 0.15) is 23.3 Å². The molecule has 2 aromatic carbocycles. The zero-order chi connectivity index (χ0) is 20.8. The number of benzene rings is 2. The summed E-state index contributed by atoms with van der Waals surface area (Å²) in [6.45, 7) is -2.25. The Morgan fingerprint density at radius 3 is 2.72 bits per heavy atom. The largest absolute Gasteiger partial charge is 0.669 e. The van der Waals surface area contributed by atoms with Gasteiger partial charge >= 0.3 is 12.7 Å². The van der Waals surface area contributed by atoms with Crippen molar-refractivity contribution < 1.29 is 29.3 Å². The lowest BCUT2D eigenvalue weighted by Crippen LogP contribution is -2.56.